The maximum absolute atomic E-state index is 13.0. The van der Waals surface area contributed by atoms with Crippen molar-refractivity contribution >= 4 is 21.6 Å². The van der Waals surface area contributed by atoms with Crippen molar-refractivity contribution in [3.63, 3.8) is 0 Å². The van der Waals surface area contributed by atoms with E-state index in [1.807, 2.05) is 0 Å². The SMILES string of the molecule is CCNC(=O)CNS(=O)(=O)c1cc(N)cc(F)c1. The Balaban J connectivity index is 2.83. The molecule has 0 bridgehead atoms. The molecule has 0 aliphatic rings. The van der Waals surface area contributed by atoms with Crippen LogP contribution < -0.4 is 15.8 Å². The first-order chi connectivity index (χ1) is 8.35. The number of hydrogen-bond acceptors (Lipinski definition) is 4. The van der Waals surface area contributed by atoms with E-state index in [1.165, 1.54) is 0 Å². The van der Waals surface area contributed by atoms with Crippen molar-refractivity contribution in [2.45, 2.75) is 11.8 Å². The van der Waals surface area contributed by atoms with Crippen LogP contribution in [0.1, 0.15) is 6.92 Å². The van der Waals surface area contributed by atoms with Crippen molar-refractivity contribution in [2.24, 2.45) is 0 Å². The van der Waals surface area contributed by atoms with Crippen LogP contribution in [0.5, 0.6) is 0 Å². The number of hydrogen-bond donors (Lipinski definition) is 3. The van der Waals surface area contributed by atoms with Gasteiger partial charge in [0.25, 0.3) is 0 Å². The fourth-order valence-corrected chi connectivity index (χ4v) is 2.29. The largest absolute Gasteiger partial charge is 0.399 e. The minimum absolute atomic E-state index is 0.00613. The van der Waals surface area contributed by atoms with E-state index in [2.05, 4.69) is 10.0 Å². The molecule has 1 aromatic rings. The van der Waals surface area contributed by atoms with Crippen molar-refractivity contribution < 1.29 is 17.6 Å². The number of nitrogens with one attached hydrogen (secondary N) is 2. The lowest BCUT2D eigenvalue weighted by molar-refractivity contribution is -0.119. The molecule has 100 valence electrons. The Hall–Kier alpha value is -1.67. The number of benzene rings is 1. The van der Waals surface area contributed by atoms with Gasteiger partial charge < -0.3 is 11.1 Å². The van der Waals surface area contributed by atoms with Crippen LogP contribution in [0.3, 0.4) is 0 Å². The van der Waals surface area contributed by atoms with E-state index >= 15 is 0 Å². The van der Waals surface area contributed by atoms with Crippen molar-refractivity contribution in [3.05, 3.63) is 24.0 Å². The Labute approximate surface area is 104 Å². The van der Waals surface area contributed by atoms with Crippen molar-refractivity contribution in [2.75, 3.05) is 18.8 Å². The van der Waals surface area contributed by atoms with Gasteiger partial charge in [0.05, 0.1) is 11.4 Å². The molecule has 1 rings (SSSR count). The number of anilines is 1. The zero-order valence-corrected chi connectivity index (χ0v) is 10.6. The van der Waals surface area contributed by atoms with Crippen molar-refractivity contribution in [1.82, 2.24) is 10.0 Å². The standard InChI is InChI=1S/C10H14FN3O3S/c1-2-13-10(15)6-14-18(16,17)9-4-7(11)3-8(12)5-9/h3-5,14H,2,6,12H2,1H3,(H,13,15). The van der Waals surface area contributed by atoms with Gasteiger partial charge in [0.15, 0.2) is 0 Å². The van der Waals surface area contributed by atoms with Gasteiger partial charge in [0.2, 0.25) is 15.9 Å². The van der Waals surface area contributed by atoms with Crippen molar-refractivity contribution in [1.29, 1.82) is 0 Å². The highest BCUT2D eigenvalue weighted by atomic mass is 32.2. The van der Waals surface area contributed by atoms with Gasteiger partial charge in [0, 0.05) is 12.2 Å². The number of halogens is 1. The first-order valence-electron chi connectivity index (χ1n) is 5.17. The molecular weight excluding hydrogens is 261 g/mol. The highest BCUT2D eigenvalue weighted by molar-refractivity contribution is 7.89. The lowest BCUT2D eigenvalue weighted by atomic mass is 10.3. The predicted octanol–water partition coefficient (Wildman–Crippen LogP) is -0.178. The highest BCUT2D eigenvalue weighted by Crippen LogP contribution is 2.15. The summed E-state index contributed by atoms with van der Waals surface area (Å²) in [5.41, 5.74) is 5.34. The lowest BCUT2D eigenvalue weighted by Gasteiger charge is -2.07. The van der Waals surface area contributed by atoms with E-state index in [4.69, 9.17) is 5.73 Å². The van der Waals surface area contributed by atoms with Gasteiger partial charge in [-0.3, -0.25) is 4.79 Å². The molecule has 1 aromatic carbocycles. The minimum atomic E-state index is -3.95. The number of nitrogen functional groups attached to an aromatic ring is 1. The molecule has 0 saturated heterocycles. The summed E-state index contributed by atoms with van der Waals surface area (Å²) >= 11 is 0. The van der Waals surface area contributed by atoms with E-state index in [0.29, 0.717) is 6.54 Å². The average Bonchev–Trinajstić information content (AvgIpc) is 2.26. The summed E-state index contributed by atoms with van der Waals surface area (Å²) in [6, 6.07) is 2.95. The fourth-order valence-electron chi connectivity index (χ4n) is 1.24. The van der Waals surface area contributed by atoms with Gasteiger partial charge in [-0.15, -0.1) is 0 Å². The van der Waals surface area contributed by atoms with Gasteiger partial charge in [-0.05, 0) is 25.1 Å². The third kappa shape index (κ3) is 3.97. The maximum Gasteiger partial charge on any atom is 0.241 e. The van der Waals surface area contributed by atoms with Crippen LogP contribution in [0.25, 0.3) is 0 Å². The second-order valence-corrected chi connectivity index (χ2v) is 5.27. The summed E-state index contributed by atoms with van der Waals surface area (Å²) in [6.07, 6.45) is 0. The minimum Gasteiger partial charge on any atom is -0.399 e. The Kier molecular flexibility index (Phi) is 4.62. The Morgan fingerprint density at radius 2 is 2.06 bits per heavy atom. The Bertz CT molecular complexity index is 525. The number of nitrogens with two attached hydrogens (primary N) is 1. The number of likely N-dealkylation sites (N-methyl/N-ethyl adjacent to an activating group) is 1. The quantitative estimate of drug-likeness (QED) is 0.649. The third-order valence-corrected chi connectivity index (χ3v) is 3.38. The highest BCUT2D eigenvalue weighted by Gasteiger charge is 2.16. The molecule has 0 aliphatic carbocycles. The topological polar surface area (TPSA) is 101 Å². The van der Waals surface area contributed by atoms with Crippen molar-refractivity contribution in [3.8, 4) is 0 Å². The van der Waals surface area contributed by atoms with Crippen LogP contribution >= 0.6 is 0 Å². The summed E-state index contributed by atoms with van der Waals surface area (Å²) in [7, 11) is -3.95. The van der Waals surface area contributed by atoms with Gasteiger partial charge in [0.1, 0.15) is 5.82 Å². The molecule has 6 nitrogen and oxygen atoms in total. The fraction of sp³-hybridized carbons (Fsp3) is 0.300. The molecule has 0 saturated carbocycles. The van der Waals surface area contributed by atoms with Crippen LogP contribution in [0.15, 0.2) is 23.1 Å². The van der Waals surface area contributed by atoms with Gasteiger partial charge in [-0.2, -0.15) is 0 Å². The molecular formula is C10H14FN3O3S. The zero-order valence-electron chi connectivity index (χ0n) is 9.73. The van der Waals surface area contributed by atoms with Gasteiger partial charge in [-0.1, -0.05) is 0 Å². The normalized spacial score (nSPS) is 11.2. The van der Waals surface area contributed by atoms with Crippen LogP contribution in [-0.2, 0) is 14.8 Å². The molecule has 8 heteroatoms. The monoisotopic (exact) mass is 275 g/mol. The molecule has 0 aromatic heterocycles. The smallest absolute Gasteiger partial charge is 0.241 e. The van der Waals surface area contributed by atoms with Crippen LogP contribution in [0.4, 0.5) is 10.1 Å². The Morgan fingerprint density at radius 1 is 1.39 bits per heavy atom. The number of rotatable bonds is 5. The summed E-state index contributed by atoms with van der Waals surface area (Å²) in [4.78, 5) is 10.8. The Morgan fingerprint density at radius 3 is 2.61 bits per heavy atom. The van der Waals surface area contributed by atoms with E-state index in [0.717, 1.165) is 18.2 Å². The van der Waals surface area contributed by atoms with E-state index < -0.39 is 28.3 Å². The first-order valence-corrected chi connectivity index (χ1v) is 6.66. The summed E-state index contributed by atoms with van der Waals surface area (Å²) < 4.78 is 38.5. The molecule has 0 unspecified atom stereocenters. The second kappa shape index (κ2) is 5.78. The number of carbonyl (C=O) groups is 1. The molecule has 0 atom stereocenters. The molecule has 0 spiro atoms. The number of carbonyl (C=O) groups excluding carboxylic acids is 1. The molecule has 0 heterocycles. The summed E-state index contributed by atoms with van der Waals surface area (Å²) in [6.45, 7) is 1.69. The first kappa shape index (κ1) is 14.4. The third-order valence-electron chi connectivity index (χ3n) is 2.00. The predicted molar refractivity (Wildman–Crippen MR) is 64.7 cm³/mol. The van der Waals surface area contributed by atoms with E-state index in [1.54, 1.807) is 6.92 Å². The van der Waals surface area contributed by atoms with Gasteiger partial charge >= 0.3 is 0 Å². The second-order valence-electron chi connectivity index (χ2n) is 3.50. The number of sulfonamides is 1. The van der Waals surface area contributed by atoms with Crippen LogP contribution in [-0.4, -0.2) is 27.4 Å². The van der Waals surface area contributed by atoms with Gasteiger partial charge in [-0.25, -0.2) is 17.5 Å². The maximum atomic E-state index is 13.0. The lowest BCUT2D eigenvalue weighted by Crippen LogP contribution is -2.36. The molecule has 0 fully saturated rings. The molecule has 0 aliphatic heterocycles. The zero-order chi connectivity index (χ0) is 13.8. The molecule has 1 amide bonds. The van der Waals surface area contributed by atoms with E-state index in [9.17, 15) is 17.6 Å². The molecule has 4 N–H and O–H groups in total. The molecule has 18 heavy (non-hydrogen) atoms. The molecule has 0 radical (unpaired) electrons. The summed E-state index contributed by atoms with van der Waals surface area (Å²) in [5, 5.41) is 2.43. The van der Waals surface area contributed by atoms with Crippen LogP contribution in [0.2, 0.25) is 0 Å². The summed E-state index contributed by atoms with van der Waals surface area (Å²) in [5.74, 6) is -1.22. The number of amides is 1. The van der Waals surface area contributed by atoms with Crippen LogP contribution in [0, 0.1) is 5.82 Å². The van der Waals surface area contributed by atoms with E-state index in [-0.39, 0.29) is 10.6 Å². The average molecular weight is 275 g/mol.